The fourth-order valence-electron chi connectivity index (χ4n) is 1.25. The summed E-state index contributed by atoms with van der Waals surface area (Å²) in [6.45, 7) is 0.126. The van der Waals surface area contributed by atoms with Gasteiger partial charge in [-0.1, -0.05) is 0 Å². The SMILES string of the molecule is CO[SiH](OC)OCCc1cc(F)c(F)cc1F. The molecule has 1 aromatic carbocycles. The normalized spacial score (nSPS) is 11.2. The summed E-state index contributed by atoms with van der Waals surface area (Å²) >= 11 is 0. The van der Waals surface area contributed by atoms with Crippen LogP contribution in [0.3, 0.4) is 0 Å². The molecule has 0 saturated carbocycles. The highest BCUT2D eigenvalue weighted by atomic mass is 28.3. The van der Waals surface area contributed by atoms with Gasteiger partial charge in [0.05, 0.1) is 0 Å². The topological polar surface area (TPSA) is 27.7 Å². The van der Waals surface area contributed by atoms with Gasteiger partial charge in [0.25, 0.3) is 0 Å². The van der Waals surface area contributed by atoms with E-state index in [2.05, 4.69) is 0 Å². The van der Waals surface area contributed by atoms with Gasteiger partial charge in [0.2, 0.25) is 0 Å². The summed E-state index contributed by atoms with van der Waals surface area (Å²) in [7, 11) is 0.725. The van der Waals surface area contributed by atoms with E-state index in [-0.39, 0.29) is 18.6 Å². The molecule has 0 bridgehead atoms. The molecule has 0 aliphatic carbocycles. The largest absolute Gasteiger partial charge is 0.483 e. The van der Waals surface area contributed by atoms with E-state index in [0.29, 0.717) is 6.07 Å². The van der Waals surface area contributed by atoms with Gasteiger partial charge in [0.15, 0.2) is 11.6 Å². The third kappa shape index (κ3) is 4.12. The predicted octanol–water partition coefficient (Wildman–Crippen LogP) is 1.67. The van der Waals surface area contributed by atoms with Crippen molar-refractivity contribution in [2.45, 2.75) is 6.42 Å². The van der Waals surface area contributed by atoms with Gasteiger partial charge >= 0.3 is 9.53 Å². The monoisotopic (exact) mass is 266 g/mol. The van der Waals surface area contributed by atoms with Gasteiger partial charge in [-0.2, -0.15) is 0 Å². The average molecular weight is 266 g/mol. The molecular weight excluding hydrogens is 253 g/mol. The maximum Gasteiger partial charge on any atom is 0.483 e. The van der Waals surface area contributed by atoms with Crippen LogP contribution in [0.5, 0.6) is 0 Å². The van der Waals surface area contributed by atoms with Crippen LogP contribution in [-0.4, -0.2) is 30.4 Å². The van der Waals surface area contributed by atoms with Crippen molar-refractivity contribution in [3.8, 4) is 0 Å². The number of hydrogen-bond acceptors (Lipinski definition) is 3. The van der Waals surface area contributed by atoms with E-state index in [0.717, 1.165) is 6.07 Å². The van der Waals surface area contributed by atoms with Gasteiger partial charge in [0.1, 0.15) is 5.82 Å². The Bertz CT molecular complexity index is 372. The lowest BCUT2D eigenvalue weighted by atomic mass is 10.1. The molecule has 1 rings (SSSR count). The minimum atomic E-state index is -2.16. The van der Waals surface area contributed by atoms with Crippen LogP contribution >= 0.6 is 0 Å². The molecule has 96 valence electrons. The first-order chi connectivity index (χ1) is 8.08. The third-order valence-corrected chi connectivity index (χ3v) is 3.38. The summed E-state index contributed by atoms with van der Waals surface area (Å²) in [6.07, 6.45) is 0.124. The Balaban J connectivity index is 2.55. The minimum absolute atomic E-state index is 0.0591. The second-order valence-electron chi connectivity index (χ2n) is 3.24. The van der Waals surface area contributed by atoms with Crippen LogP contribution in [0.2, 0.25) is 0 Å². The molecule has 0 fully saturated rings. The standard InChI is InChI=1S/C10H13F3O3Si/c1-14-17(15-2)16-4-3-7-5-9(12)10(13)6-8(7)11/h5-6,17H,3-4H2,1-2H3. The summed E-state index contributed by atoms with van der Waals surface area (Å²) in [5.74, 6) is -3.07. The molecule has 0 amide bonds. The second-order valence-corrected chi connectivity index (χ2v) is 5.09. The Kier molecular flexibility index (Phi) is 5.62. The first-order valence-corrected chi connectivity index (χ1v) is 6.30. The van der Waals surface area contributed by atoms with Gasteiger partial charge in [-0.25, -0.2) is 13.2 Å². The van der Waals surface area contributed by atoms with Crippen LogP contribution in [0.15, 0.2) is 12.1 Å². The van der Waals surface area contributed by atoms with Gasteiger partial charge in [-0.05, 0) is 18.1 Å². The van der Waals surface area contributed by atoms with Gasteiger partial charge in [-0.3, -0.25) is 0 Å². The van der Waals surface area contributed by atoms with Crippen LogP contribution in [0.1, 0.15) is 5.56 Å². The quantitative estimate of drug-likeness (QED) is 0.579. The maximum absolute atomic E-state index is 13.2. The van der Waals surface area contributed by atoms with Crippen LogP contribution in [-0.2, 0) is 19.7 Å². The molecule has 0 radical (unpaired) electrons. The van der Waals surface area contributed by atoms with Crippen LogP contribution < -0.4 is 0 Å². The number of hydrogen-bond donors (Lipinski definition) is 0. The summed E-state index contributed by atoms with van der Waals surface area (Å²) < 4.78 is 53.6. The molecular formula is C10H13F3O3Si. The van der Waals surface area contributed by atoms with E-state index >= 15 is 0 Å². The lowest BCUT2D eigenvalue weighted by molar-refractivity contribution is 0.136. The smallest absolute Gasteiger partial charge is 0.379 e. The number of halogens is 3. The lowest BCUT2D eigenvalue weighted by Crippen LogP contribution is -2.25. The van der Waals surface area contributed by atoms with Crippen LogP contribution in [0.25, 0.3) is 0 Å². The highest BCUT2D eigenvalue weighted by molar-refractivity contribution is 6.36. The Hall–Kier alpha value is -0.893. The molecule has 0 spiro atoms. The zero-order chi connectivity index (χ0) is 12.8. The van der Waals surface area contributed by atoms with Crippen molar-refractivity contribution >= 4 is 9.53 Å². The van der Waals surface area contributed by atoms with Crippen LogP contribution in [0.4, 0.5) is 13.2 Å². The van der Waals surface area contributed by atoms with E-state index < -0.39 is 27.0 Å². The van der Waals surface area contributed by atoms with Crippen molar-refractivity contribution in [1.29, 1.82) is 0 Å². The summed E-state index contributed by atoms with van der Waals surface area (Å²) in [5.41, 5.74) is 0.0591. The van der Waals surface area contributed by atoms with Crippen molar-refractivity contribution < 1.29 is 26.4 Å². The van der Waals surface area contributed by atoms with Crippen molar-refractivity contribution in [2.75, 3.05) is 20.8 Å². The Morgan fingerprint density at radius 2 is 1.59 bits per heavy atom. The molecule has 0 unspecified atom stereocenters. The maximum atomic E-state index is 13.2. The number of benzene rings is 1. The zero-order valence-corrected chi connectivity index (χ0v) is 10.7. The summed E-state index contributed by atoms with van der Waals surface area (Å²) in [4.78, 5) is 0. The van der Waals surface area contributed by atoms with E-state index in [1.165, 1.54) is 14.2 Å². The van der Waals surface area contributed by atoms with Crippen molar-refractivity contribution in [2.24, 2.45) is 0 Å². The molecule has 1 aromatic rings. The third-order valence-electron chi connectivity index (χ3n) is 2.10. The molecule has 0 heterocycles. The predicted molar refractivity (Wildman–Crippen MR) is 57.1 cm³/mol. The summed E-state index contributed by atoms with van der Waals surface area (Å²) in [5, 5.41) is 0. The minimum Gasteiger partial charge on any atom is -0.379 e. The second kappa shape index (κ2) is 6.75. The van der Waals surface area contributed by atoms with E-state index in [4.69, 9.17) is 13.3 Å². The van der Waals surface area contributed by atoms with Crippen molar-refractivity contribution in [3.63, 3.8) is 0 Å². The molecule has 0 N–H and O–H groups in total. The highest BCUT2D eigenvalue weighted by Gasteiger charge is 2.13. The Morgan fingerprint density at radius 3 is 2.18 bits per heavy atom. The molecule has 17 heavy (non-hydrogen) atoms. The van der Waals surface area contributed by atoms with E-state index in [9.17, 15) is 13.2 Å². The molecule has 3 nitrogen and oxygen atoms in total. The lowest BCUT2D eigenvalue weighted by Gasteiger charge is -2.11. The molecule has 0 aliphatic heterocycles. The van der Waals surface area contributed by atoms with Gasteiger partial charge in [-0.15, -0.1) is 0 Å². The Labute approximate surface area is 99.1 Å². The number of rotatable bonds is 6. The molecule has 0 saturated heterocycles. The highest BCUT2D eigenvalue weighted by Crippen LogP contribution is 2.14. The molecule has 7 heteroatoms. The van der Waals surface area contributed by atoms with Crippen molar-refractivity contribution in [1.82, 2.24) is 0 Å². The molecule has 0 atom stereocenters. The van der Waals surface area contributed by atoms with Crippen molar-refractivity contribution in [3.05, 3.63) is 35.1 Å². The van der Waals surface area contributed by atoms with Gasteiger partial charge < -0.3 is 13.3 Å². The first kappa shape index (κ1) is 14.2. The Morgan fingerprint density at radius 1 is 1.00 bits per heavy atom. The first-order valence-electron chi connectivity index (χ1n) is 4.89. The zero-order valence-electron chi connectivity index (χ0n) is 9.50. The fourth-order valence-corrected chi connectivity index (χ4v) is 2.03. The summed E-state index contributed by atoms with van der Waals surface area (Å²) in [6, 6.07) is 1.34. The molecule has 0 aromatic heterocycles. The van der Waals surface area contributed by atoms with E-state index in [1.54, 1.807) is 0 Å². The average Bonchev–Trinajstić information content (AvgIpc) is 2.31. The van der Waals surface area contributed by atoms with E-state index in [1.807, 2.05) is 0 Å². The van der Waals surface area contributed by atoms with Crippen LogP contribution in [0, 0.1) is 17.5 Å². The van der Waals surface area contributed by atoms with Gasteiger partial charge in [0, 0.05) is 26.9 Å². The molecule has 0 aliphatic rings. The fraction of sp³-hybridized carbons (Fsp3) is 0.400.